The van der Waals surface area contributed by atoms with E-state index in [2.05, 4.69) is 66.2 Å². The van der Waals surface area contributed by atoms with Gasteiger partial charge < -0.3 is 4.57 Å². The second-order valence-corrected chi connectivity index (χ2v) is 13.5. The summed E-state index contributed by atoms with van der Waals surface area (Å²) < 4.78 is 2.17. The van der Waals surface area contributed by atoms with Crippen LogP contribution in [0.2, 0.25) is 18.1 Å². The van der Waals surface area contributed by atoms with Gasteiger partial charge in [0.25, 0.3) is 0 Å². The minimum Gasteiger partial charge on any atom is -0.371 e. The molecule has 0 N–H and O–H groups in total. The fraction of sp³-hybridized carbons (Fsp3) is 0.944. The predicted molar refractivity (Wildman–Crippen MR) is 97.1 cm³/mol. The molecule has 0 atom stereocenters. The van der Waals surface area contributed by atoms with Gasteiger partial charge >= 0.3 is 0 Å². The topological polar surface area (TPSA) is 20.3 Å². The molecule has 0 saturated heterocycles. The van der Waals surface area contributed by atoms with Crippen LogP contribution in [0.5, 0.6) is 0 Å². The lowest BCUT2D eigenvalue weighted by Crippen LogP contribution is -2.59. The van der Waals surface area contributed by atoms with Crippen LogP contribution in [0.25, 0.3) is 0 Å². The molecule has 0 aliphatic carbocycles. The van der Waals surface area contributed by atoms with Gasteiger partial charge in [0.15, 0.2) is 8.24 Å². The van der Waals surface area contributed by atoms with Crippen LogP contribution in [0.4, 0.5) is 0 Å². The maximum Gasteiger partial charge on any atom is 0.220 e. The molecule has 0 bridgehead atoms. The first-order valence-electron chi connectivity index (χ1n) is 8.78. The van der Waals surface area contributed by atoms with Crippen LogP contribution < -0.4 is 0 Å². The highest BCUT2D eigenvalue weighted by molar-refractivity contribution is 6.79. The van der Waals surface area contributed by atoms with Gasteiger partial charge in [-0.25, -0.2) is 0 Å². The van der Waals surface area contributed by atoms with Crippen LogP contribution in [0.3, 0.4) is 0 Å². The molecule has 0 unspecified atom stereocenters. The molecule has 3 heteroatoms. The van der Waals surface area contributed by atoms with E-state index in [1.165, 1.54) is 0 Å². The molecule has 2 nitrogen and oxygen atoms in total. The third kappa shape index (κ3) is 4.58. The van der Waals surface area contributed by atoms with E-state index in [-0.39, 0.29) is 10.5 Å². The molecule has 0 saturated carbocycles. The highest BCUT2D eigenvalue weighted by Crippen LogP contribution is 2.43. The van der Waals surface area contributed by atoms with Crippen molar-refractivity contribution in [3.63, 3.8) is 0 Å². The van der Waals surface area contributed by atoms with Gasteiger partial charge in [0, 0.05) is 12.5 Å². The molecular weight excluding hydrogens is 274 g/mol. The van der Waals surface area contributed by atoms with Crippen molar-refractivity contribution >= 4 is 14.1 Å². The molecule has 126 valence electrons. The zero-order chi connectivity index (χ0) is 16.9. The van der Waals surface area contributed by atoms with Crippen LogP contribution in [-0.4, -0.2) is 25.8 Å². The Morgan fingerprint density at radius 1 is 0.905 bits per heavy atom. The molecule has 0 aromatic rings. The summed E-state index contributed by atoms with van der Waals surface area (Å²) in [5, 5.41) is 0.202. The Labute approximate surface area is 134 Å². The molecule has 0 spiro atoms. The monoisotopic (exact) mass is 313 g/mol. The highest BCUT2D eigenvalue weighted by atomic mass is 28.3. The Bertz CT molecular complexity index is 314. The summed E-state index contributed by atoms with van der Waals surface area (Å²) >= 11 is 0. The van der Waals surface area contributed by atoms with Gasteiger partial charge in [0.2, 0.25) is 5.91 Å². The van der Waals surface area contributed by atoms with E-state index < -0.39 is 8.24 Å². The molecule has 1 amide bonds. The SMILES string of the molecule is CCCC(CCC)(CCC)C(=O)N(C)[Si](C)(C)C(C)(C)C. The standard InChI is InChI=1S/C18H39NOSi/c1-10-13-18(14-11-2,15-12-3)16(20)19(7)21(8,9)17(4,5)6/h10-15H2,1-9H3. The van der Waals surface area contributed by atoms with Gasteiger partial charge in [-0.3, -0.25) is 4.79 Å². The van der Waals surface area contributed by atoms with E-state index in [9.17, 15) is 4.79 Å². The van der Waals surface area contributed by atoms with E-state index in [0.29, 0.717) is 5.91 Å². The molecular formula is C18H39NOSi. The molecule has 0 rings (SSSR count). The van der Waals surface area contributed by atoms with Crippen LogP contribution in [0.15, 0.2) is 0 Å². The molecule has 21 heavy (non-hydrogen) atoms. The molecule has 0 radical (unpaired) electrons. The van der Waals surface area contributed by atoms with E-state index >= 15 is 0 Å². The maximum atomic E-state index is 13.4. The largest absolute Gasteiger partial charge is 0.371 e. The Kier molecular flexibility index (Phi) is 7.68. The minimum absolute atomic E-state index is 0.122. The minimum atomic E-state index is -1.78. The van der Waals surface area contributed by atoms with Gasteiger partial charge in [-0.2, -0.15) is 0 Å². The number of carbonyl (C=O) groups is 1. The normalized spacial score (nSPS) is 13.4. The zero-order valence-corrected chi connectivity index (χ0v) is 17.1. The highest BCUT2D eigenvalue weighted by Gasteiger charge is 2.47. The van der Waals surface area contributed by atoms with Crippen LogP contribution in [0.1, 0.15) is 80.1 Å². The van der Waals surface area contributed by atoms with Gasteiger partial charge in [0.05, 0.1) is 0 Å². The van der Waals surface area contributed by atoms with Crippen molar-refractivity contribution in [1.82, 2.24) is 4.57 Å². The second kappa shape index (κ2) is 7.80. The van der Waals surface area contributed by atoms with Crippen molar-refractivity contribution in [2.75, 3.05) is 7.05 Å². The Balaban J connectivity index is 5.56. The van der Waals surface area contributed by atoms with E-state index in [4.69, 9.17) is 0 Å². The van der Waals surface area contributed by atoms with Crippen LogP contribution in [-0.2, 0) is 4.79 Å². The van der Waals surface area contributed by atoms with Gasteiger partial charge in [-0.15, -0.1) is 0 Å². The van der Waals surface area contributed by atoms with Crippen LogP contribution >= 0.6 is 0 Å². The second-order valence-electron chi connectivity index (χ2n) is 8.20. The quantitative estimate of drug-likeness (QED) is 0.516. The smallest absolute Gasteiger partial charge is 0.220 e. The number of carbonyl (C=O) groups excluding carboxylic acids is 1. The third-order valence-electron chi connectivity index (χ3n) is 5.62. The Morgan fingerprint density at radius 3 is 1.48 bits per heavy atom. The predicted octanol–water partition coefficient (Wildman–Crippen LogP) is 5.84. The Hall–Kier alpha value is -0.313. The first-order chi connectivity index (χ1) is 9.50. The lowest BCUT2D eigenvalue weighted by atomic mass is 9.75. The van der Waals surface area contributed by atoms with Crippen molar-refractivity contribution in [2.45, 2.75) is 98.2 Å². The molecule has 0 fully saturated rings. The van der Waals surface area contributed by atoms with E-state index in [1.54, 1.807) is 0 Å². The average molecular weight is 314 g/mol. The van der Waals surface area contributed by atoms with Gasteiger partial charge in [0.1, 0.15) is 0 Å². The molecule has 0 aromatic carbocycles. The maximum absolute atomic E-state index is 13.4. The number of nitrogens with zero attached hydrogens (tertiary/aromatic N) is 1. The fourth-order valence-electron chi connectivity index (χ4n) is 3.24. The van der Waals surface area contributed by atoms with E-state index in [0.717, 1.165) is 38.5 Å². The molecule has 0 aliphatic heterocycles. The molecule has 0 aromatic heterocycles. The fourth-order valence-corrected chi connectivity index (χ4v) is 5.00. The first kappa shape index (κ1) is 20.7. The number of hydrogen-bond acceptors (Lipinski definition) is 1. The molecule has 0 heterocycles. The van der Waals surface area contributed by atoms with Crippen molar-refractivity contribution in [3.8, 4) is 0 Å². The van der Waals surface area contributed by atoms with Crippen molar-refractivity contribution in [1.29, 1.82) is 0 Å². The summed E-state index contributed by atoms with van der Waals surface area (Å²) in [6.07, 6.45) is 6.39. The van der Waals surface area contributed by atoms with Crippen molar-refractivity contribution in [3.05, 3.63) is 0 Å². The van der Waals surface area contributed by atoms with Crippen molar-refractivity contribution < 1.29 is 4.79 Å². The van der Waals surface area contributed by atoms with E-state index in [1.807, 2.05) is 0 Å². The van der Waals surface area contributed by atoms with Crippen molar-refractivity contribution in [2.24, 2.45) is 5.41 Å². The van der Waals surface area contributed by atoms with Gasteiger partial charge in [-0.05, 0) is 24.3 Å². The number of rotatable bonds is 8. The average Bonchev–Trinajstić information content (AvgIpc) is 2.36. The summed E-state index contributed by atoms with van der Waals surface area (Å²) in [6.45, 7) is 18.1. The zero-order valence-electron chi connectivity index (χ0n) is 16.1. The number of hydrogen-bond donors (Lipinski definition) is 0. The Morgan fingerprint density at radius 2 is 1.24 bits per heavy atom. The summed E-state index contributed by atoms with van der Waals surface area (Å²) in [7, 11) is 0.281. The summed E-state index contributed by atoms with van der Waals surface area (Å²) in [4.78, 5) is 13.4. The summed E-state index contributed by atoms with van der Waals surface area (Å²) in [5.74, 6) is 0.416. The third-order valence-corrected chi connectivity index (χ3v) is 11.2. The summed E-state index contributed by atoms with van der Waals surface area (Å²) in [6, 6.07) is 0. The molecule has 0 aliphatic rings. The van der Waals surface area contributed by atoms with Gasteiger partial charge in [-0.1, -0.05) is 73.9 Å². The lowest BCUT2D eigenvalue weighted by molar-refractivity contribution is -0.138. The first-order valence-corrected chi connectivity index (χ1v) is 11.7. The van der Waals surface area contributed by atoms with Crippen LogP contribution in [0, 0.1) is 5.41 Å². The number of amides is 1. The lowest BCUT2D eigenvalue weighted by Gasteiger charge is -2.48. The summed E-state index contributed by atoms with van der Waals surface area (Å²) in [5.41, 5.74) is -0.122.